The largest absolute Gasteiger partial charge is 0.336 e. The lowest BCUT2D eigenvalue weighted by Gasteiger charge is -2.28. The van der Waals surface area contributed by atoms with Gasteiger partial charge in [-0.15, -0.1) is 16.8 Å². The number of amides is 1. The third kappa shape index (κ3) is 3.92. The van der Waals surface area contributed by atoms with Crippen LogP contribution >= 0.6 is 12.4 Å². The molecule has 3 aliphatic heterocycles. The monoisotopic (exact) mass is 408 g/mol. The minimum atomic E-state index is -3.40. The Balaban J connectivity index is 0.00000210. The van der Waals surface area contributed by atoms with Gasteiger partial charge in [-0.25, -0.2) is 8.42 Å². The number of hydrogen-bond acceptors (Lipinski definition) is 5. The molecule has 0 radical (unpaired) electrons. The minimum absolute atomic E-state index is 0. The lowest BCUT2D eigenvalue weighted by molar-refractivity contribution is -0.125. The van der Waals surface area contributed by atoms with Crippen molar-refractivity contribution in [3.05, 3.63) is 59.8 Å². The van der Waals surface area contributed by atoms with Gasteiger partial charge in [-0.3, -0.25) is 4.79 Å². The first-order valence-corrected chi connectivity index (χ1v) is 10.1. The Hall–Kier alpha value is -2.16. The summed E-state index contributed by atoms with van der Waals surface area (Å²) in [5, 5.41) is 0. The predicted octanol–water partition coefficient (Wildman–Crippen LogP) is 0.859. The van der Waals surface area contributed by atoms with Gasteiger partial charge in [0.2, 0.25) is 0 Å². The van der Waals surface area contributed by atoms with Gasteiger partial charge in [0.25, 0.3) is 15.9 Å². The number of benzene rings is 1. The minimum Gasteiger partial charge on any atom is -0.336 e. The van der Waals surface area contributed by atoms with Gasteiger partial charge < -0.3 is 15.5 Å². The van der Waals surface area contributed by atoms with E-state index in [1.165, 1.54) is 0 Å². The van der Waals surface area contributed by atoms with Crippen LogP contribution in [0.3, 0.4) is 0 Å². The molecule has 3 heterocycles. The van der Waals surface area contributed by atoms with E-state index in [0.29, 0.717) is 31.0 Å². The van der Waals surface area contributed by atoms with Crippen molar-refractivity contribution in [3.8, 4) is 0 Å². The first-order chi connectivity index (χ1) is 12.4. The molecule has 1 amide bonds. The maximum Gasteiger partial charge on any atom is 0.256 e. The Morgan fingerprint density at radius 2 is 1.89 bits per heavy atom. The Labute approximate surface area is 164 Å². The molecule has 144 valence electrons. The van der Waals surface area contributed by atoms with Gasteiger partial charge >= 0.3 is 0 Å². The molecule has 7 nitrogen and oxygen atoms in total. The fraction of sp³-hybridized carbons (Fsp3) is 0.333. The van der Waals surface area contributed by atoms with Gasteiger partial charge in [-0.05, 0) is 17.7 Å². The fourth-order valence-corrected chi connectivity index (χ4v) is 4.53. The van der Waals surface area contributed by atoms with Crippen molar-refractivity contribution in [1.29, 1.82) is 0 Å². The molecule has 0 saturated carbocycles. The molecular weight excluding hydrogens is 388 g/mol. The Kier molecular flexibility index (Phi) is 5.41. The lowest BCUT2D eigenvalue weighted by atomic mass is 9.95. The molecule has 4 rings (SSSR count). The van der Waals surface area contributed by atoms with Gasteiger partial charge in [-0.1, -0.05) is 30.3 Å². The molecule has 2 N–H and O–H groups in total. The van der Waals surface area contributed by atoms with E-state index in [9.17, 15) is 13.2 Å². The van der Waals surface area contributed by atoms with Crippen molar-refractivity contribution in [2.45, 2.75) is 12.0 Å². The molecule has 1 fully saturated rings. The number of likely N-dealkylation sites (tertiary alicyclic amines) is 1. The van der Waals surface area contributed by atoms with Crippen molar-refractivity contribution >= 4 is 34.2 Å². The number of hydrogen-bond donors (Lipinski definition) is 1. The fourth-order valence-electron chi connectivity index (χ4n) is 3.56. The molecular formula is C18H21ClN4O3S. The summed E-state index contributed by atoms with van der Waals surface area (Å²) in [4.78, 5) is 16.4. The highest BCUT2D eigenvalue weighted by Crippen LogP contribution is 2.28. The van der Waals surface area contributed by atoms with Crippen molar-refractivity contribution in [2.75, 3.05) is 25.4 Å². The van der Waals surface area contributed by atoms with Crippen LogP contribution in [-0.4, -0.2) is 61.4 Å². The van der Waals surface area contributed by atoms with Crippen molar-refractivity contribution in [3.63, 3.8) is 0 Å². The quantitative estimate of drug-likeness (QED) is 0.782. The molecule has 0 spiro atoms. The highest BCUT2D eigenvalue weighted by atomic mass is 35.5. The van der Waals surface area contributed by atoms with Crippen LogP contribution in [0.5, 0.6) is 0 Å². The summed E-state index contributed by atoms with van der Waals surface area (Å²) in [5.41, 5.74) is 7.93. The molecule has 3 aliphatic rings. The van der Waals surface area contributed by atoms with Crippen LogP contribution in [0.25, 0.3) is 0 Å². The van der Waals surface area contributed by atoms with Crippen molar-refractivity contribution < 1.29 is 13.2 Å². The van der Waals surface area contributed by atoms with E-state index in [1.807, 2.05) is 30.3 Å². The molecule has 9 heteroatoms. The number of fused-ring (bicyclic) bond motifs is 1. The predicted molar refractivity (Wildman–Crippen MR) is 106 cm³/mol. The number of rotatable bonds is 2. The van der Waals surface area contributed by atoms with E-state index in [0.717, 1.165) is 5.56 Å². The van der Waals surface area contributed by atoms with Crippen LogP contribution in [0.1, 0.15) is 11.5 Å². The standard InChI is InChI=1S/C18H20N4O3S.ClH/c19-16-12-22(11-15(16)13-4-2-1-3-5-13)18(23)14-6-7-17-20-26(24,25)9-8-21(17)10-14;/h1-7,10,15-16H,8-9,11-12,19H2;1H/t15-,16+;/m0./s1. The third-order valence-corrected chi connectivity index (χ3v) is 6.11. The summed E-state index contributed by atoms with van der Waals surface area (Å²) in [6.07, 6.45) is 4.88. The second-order valence-electron chi connectivity index (χ2n) is 6.74. The van der Waals surface area contributed by atoms with E-state index < -0.39 is 10.0 Å². The topological polar surface area (TPSA) is 96.1 Å². The first-order valence-electron chi connectivity index (χ1n) is 8.52. The van der Waals surface area contributed by atoms with Gasteiger partial charge in [0.15, 0.2) is 0 Å². The average molecular weight is 409 g/mol. The average Bonchev–Trinajstić information content (AvgIpc) is 3.02. The first kappa shape index (κ1) is 19.6. The molecule has 27 heavy (non-hydrogen) atoms. The normalized spacial score (nSPS) is 26.0. The molecule has 1 aromatic carbocycles. The zero-order valence-electron chi connectivity index (χ0n) is 14.6. The van der Waals surface area contributed by atoms with Gasteiger partial charge in [0.05, 0.1) is 11.3 Å². The summed E-state index contributed by atoms with van der Waals surface area (Å²) >= 11 is 0. The zero-order valence-corrected chi connectivity index (χ0v) is 16.2. The number of carbonyl (C=O) groups excluding carboxylic acids is 1. The summed E-state index contributed by atoms with van der Waals surface area (Å²) in [5.74, 6) is 0.328. The third-order valence-electron chi connectivity index (χ3n) is 4.95. The van der Waals surface area contributed by atoms with Gasteiger partial charge in [0.1, 0.15) is 5.84 Å². The molecule has 0 bridgehead atoms. The SMILES string of the molecule is Cl.N[C@@H]1CN(C(=O)C2=CN3CCS(=O)(=O)N=C3C=C2)C[C@H]1c1ccccc1. The van der Waals surface area contributed by atoms with Crippen LogP contribution in [0.2, 0.25) is 0 Å². The Morgan fingerprint density at radius 3 is 2.63 bits per heavy atom. The van der Waals surface area contributed by atoms with E-state index in [1.54, 1.807) is 28.2 Å². The molecule has 0 aromatic heterocycles. The van der Waals surface area contributed by atoms with Gasteiger partial charge in [0, 0.05) is 37.8 Å². The van der Waals surface area contributed by atoms with Crippen LogP contribution in [-0.2, 0) is 14.8 Å². The summed E-state index contributed by atoms with van der Waals surface area (Å²) in [7, 11) is -3.40. The van der Waals surface area contributed by atoms with Crippen molar-refractivity contribution in [2.24, 2.45) is 10.1 Å². The second-order valence-corrected chi connectivity index (χ2v) is 8.49. The number of nitrogens with two attached hydrogens (primary N) is 1. The van der Waals surface area contributed by atoms with E-state index in [2.05, 4.69) is 4.40 Å². The van der Waals surface area contributed by atoms with Crippen LogP contribution < -0.4 is 5.73 Å². The van der Waals surface area contributed by atoms with Crippen LogP contribution in [0, 0.1) is 0 Å². The number of carbonyl (C=O) groups is 1. The van der Waals surface area contributed by atoms with Crippen molar-refractivity contribution in [1.82, 2.24) is 9.80 Å². The second kappa shape index (κ2) is 7.46. The Bertz CT molecular complexity index is 927. The van der Waals surface area contributed by atoms with Crippen LogP contribution in [0.4, 0.5) is 0 Å². The molecule has 0 aliphatic carbocycles. The number of halogens is 1. The Morgan fingerprint density at radius 1 is 1.15 bits per heavy atom. The molecule has 1 aromatic rings. The van der Waals surface area contributed by atoms with E-state index >= 15 is 0 Å². The smallest absolute Gasteiger partial charge is 0.256 e. The maximum absolute atomic E-state index is 12.9. The number of nitrogens with zero attached hydrogens (tertiary/aromatic N) is 3. The molecule has 1 saturated heterocycles. The highest BCUT2D eigenvalue weighted by molar-refractivity contribution is 7.90. The molecule has 0 unspecified atom stereocenters. The highest BCUT2D eigenvalue weighted by Gasteiger charge is 2.35. The zero-order chi connectivity index (χ0) is 18.3. The number of amidine groups is 1. The number of sulfonamides is 1. The van der Waals surface area contributed by atoms with E-state index in [4.69, 9.17) is 5.73 Å². The van der Waals surface area contributed by atoms with Crippen LogP contribution in [0.15, 0.2) is 58.7 Å². The molecule has 2 atom stereocenters. The summed E-state index contributed by atoms with van der Waals surface area (Å²) in [6.45, 7) is 1.37. The lowest BCUT2D eigenvalue weighted by Crippen LogP contribution is -2.39. The van der Waals surface area contributed by atoms with Gasteiger partial charge in [-0.2, -0.15) is 0 Å². The van der Waals surface area contributed by atoms with E-state index in [-0.39, 0.29) is 36.0 Å². The summed E-state index contributed by atoms with van der Waals surface area (Å²) < 4.78 is 26.9. The maximum atomic E-state index is 12.9. The summed E-state index contributed by atoms with van der Waals surface area (Å²) in [6, 6.07) is 9.88.